The van der Waals surface area contributed by atoms with Gasteiger partial charge in [-0.05, 0) is 18.6 Å². The van der Waals surface area contributed by atoms with Gasteiger partial charge in [0.2, 0.25) is 0 Å². The van der Waals surface area contributed by atoms with E-state index in [2.05, 4.69) is 4.98 Å². The number of nitrogens with zero attached hydrogens (tertiary/aromatic N) is 1. The third-order valence-electron chi connectivity index (χ3n) is 1.25. The molecule has 1 rings (SSSR count). The van der Waals surface area contributed by atoms with Gasteiger partial charge in [-0.25, -0.2) is 4.79 Å². The Bertz CT molecular complexity index is 246. The molecule has 0 spiro atoms. The molecule has 0 aromatic carbocycles. The van der Waals surface area contributed by atoms with E-state index >= 15 is 0 Å². The average molecular weight is 164 g/mol. The van der Waals surface area contributed by atoms with Gasteiger partial charge in [0.1, 0.15) is 6.61 Å². The fourth-order valence-corrected chi connectivity index (χ4v) is 0.711. The van der Waals surface area contributed by atoms with E-state index < -0.39 is 0 Å². The largest absolute Gasteiger partial charge is 0.455 e. The summed E-state index contributed by atoms with van der Waals surface area (Å²) in [6.07, 6.45) is 3.80. The maximum Gasteiger partial charge on any atom is 0.340 e. The molecule has 1 aromatic heterocycles. The molecule has 1 aromatic rings. The molecule has 63 valence electrons. The van der Waals surface area contributed by atoms with Gasteiger partial charge in [0, 0.05) is 12.4 Å². The van der Waals surface area contributed by atoms with Crippen LogP contribution in [0.15, 0.2) is 24.5 Å². The Morgan fingerprint density at radius 1 is 1.75 bits per heavy atom. The molecule has 0 saturated carbocycles. The van der Waals surface area contributed by atoms with Crippen LogP contribution in [0.5, 0.6) is 0 Å². The summed E-state index contributed by atoms with van der Waals surface area (Å²) in [7, 11) is 0. The van der Waals surface area contributed by atoms with Crippen molar-refractivity contribution in [3.63, 3.8) is 0 Å². The molecule has 0 saturated heterocycles. The number of ether oxygens (including phenoxy) is 1. The van der Waals surface area contributed by atoms with Gasteiger partial charge >= 0.3 is 5.97 Å². The van der Waals surface area contributed by atoms with Crippen molar-refractivity contribution in [2.75, 3.05) is 0 Å². The van der Waals surface area contributed by atoms with Crippen LogP contribution < -0.4 is 0 Å². The van der Waals surface area contributed by atoms with Gasteiger partial charge in [0.05, 0.1) is 5.56 Å². The molecule has 0 N–H and O–H groups in total. The number of rotatable bonds is 3. The van der Waals surface area contributed by atoms with E-state index in [0.717, 1.165) is 0 Å². The maximum atomic E-state index is 11.1. The lowest BCUT2D eigenvalue weighted by molar-refractivity contribution is 0.0601. The molecule has 0 aliphatic carbocycles. The van der Waals surface area contributed by atoms with Crippen LogP contribution in [-0.2, 0) is 4.74 Å². The van der Waals surface area contributed by atoms with Crippen molar-refractivity contribution >= 4 is 5.97 Å². The molecule has 0 aliphatic heterocycles. The van der Waals surface area contributed by atoms with Crippen molar-refractivity contribution in [2.45, 2.75) is 13.3 Å². The van der Waals surface area contributed by atoms with Crippen LogP contribution in [0.2, 0.25) is 0 Å². The second-order valence-electron chi connectivity index (χ2n) is 2.22. The average Bonchev–Trinajstić information content (AvgIpc) is 2.15. The lowest BCUT2D eigenvalue weighted by Gasteiger charge is -1.99. The lowest BCUT2D eigenvalue weighted by atomic mass is 10.3. The predicted molar refractivity (Wildman–Crippen MR) is 44.2 cm³/mol. The fourth-order valence-electron chi connectivity index (χ4n) is 0.711. The smallest absolute Gasteiger partial charge is 0.340 e. The van der Waals surface area contributed by atoms with Gasteiger partial charge < -0.3 is 4.74 Å². The van der Waals surface area contributed by atoms with Crippen LogP contribution in [0.1, 0.15) is 23.7 Å². The lowest BCUT2D eigenvalue weighted by Crippen LogP contribution is -2.02. The van der Waals surface area contributed by atoms with Crippen molar-refractivity contribution in [1.29, 1.82) is 0 Å². The Hall–Kier alpha value is -1.38. The summed E-state index contributed by atoms with van der Waals surface area (Å²) in [5, 5.41) is 0. The summed E-state index contributed by atoms with van der Waals surface area (Å²) >= 11 is 0. The highest BCUT2D eigenvalue weighted by atomic mass is 16.5. The Labute approximate surface area is 71.4 Å². The van der Waals surface area contributed by atoms with Gasteiger partial charge in [-0.1, -0.05) is 6.92 Å². The van der Waals surface area contributed by atoms with Crippen LogP contribution >= 0.6 is 0 Å². The molecule has 1 heterocycles. The Morgan fingerprint density at radius 3 is 3.17 bits per heavy atom. The minimum Gasteiger partial charge on any atom is -0.455 e. The quantitative estimate of drug-likeness (QED) is 0.639. The van der Waals surface area contributed by atoms with Crippen LogP contribution in [0.3, 0.4) is 0 Å². The third kappa shape index (κ3) is 2.34. The molecule has 0 aliphatic rings. The molecular formula is C9H10NO2. The summed E-state index contributed by atoms with van der Waals surface area (Å²) in [5.41, 5.74) is 0.474. The van der Waals surface area contributed by atoms with Crippen molar-refractivity contribution in [1.82, 2.24) is 4.98 Å². The molecule has 0 bridgehead atoms. The number of aromatic nitrogens is 1. The highest BCUT2D eigenvalue weighted by Gasteiger charge is 2.04. The van der Waals surface area contributed by atoms with Crippen LogP contribution in [0.4, 0.5) is 0 Å². The third-order valence-corrected chi connectivity index (χ3v) is 1.25. The number of carbonyl (C=O) groups is 1. The number of esters is 1. The van der Waals surface area contributed by atoms with E-state index in [1.54, 1.807) is 18.3 Å². The SMILES string of the molecule is CC[CH]OC(=O)c1cccnc1. The van der Waals surface area contributed by atoms with E-state index in [-0.39, 0.29) is 5.97 Å². The molecule has 1 radical (unpaired) electrons. The molecule has 0 fully saturated rings. The summed E-state index contributed by atoms with van der Waals surface area (Å²) < 4.78 is 4.77. The second kappa shape index (κ2) is 4.49. The highest BCUT2D eigenvalue weighted by Crippen LogP contribution is 2.00. The van der Waals surface area contributed by atoms with Gasteiger partial charge in [0.15, 0.2) is 0 Å². The molecule has 12 heavy (non-hydrogen) atoms. The zero-order valence-corrected chi connectivity index (χ0v) is 6.86. The summed E-state index contributed by atoms with van der Waals surface area (Å²) in [6, 6.07) is 3.36. The Kier molecular flexibility index (Phi) is 3.26. The van der Waals surface area contributed by atoms with E-state index in [0.29, 0.717) is 12.0 Å². The number of carbonyl (C=O) groups excluding carboxylic acids is 1. The van der Waals surface area contributed by atoms with Crippen molar-refractivity contribution in [3.05, 3.63) is 36.7 Å². The summed E-state index contributed by atoms with van der Waals surface area (Å²) in [6.45, 7) is 3.37. The van der Waals surface area contributed by atoms with Crippen molar-refractivity contribution in [2.24, 2.45) is 0 Å². The first-order valence-corrected chi connectivity index (χ1v) is 3.77. The summed E-state index contributed by atoms with van der Waals surface area (Å²) in [5.74, 6) is -0.357. The van der Waals surface area contributed by atoms with Crippen LogP contribution in [0.25, 0.3) is 0 Å². The number of pyridine rings is 1. The van der Waals surface area contributed by atoms with E-state index in [1.165, 1.54) is 12.8 Å². The van der Waals surface area contributed by atoms with Gasteiger partial charge in [-0.15, -0.1) is 0 Å². The molecular weight excluding hydrogens is 154 g/mol. The topological polar surface area (TPSA) is 39.2 Å². The summed E-state index contributed by atoms with van der Waals surface area (Å²) in [4.78, 5) is 14.9. The maximum absolute atomic E-state index is 11.1. The van der Waals surface area contributed by atoms with E-state index in [1.807, 2.05) is 6.92 Å². The first-order valence-electron chi connectivity index (χ1n) is 3.77. The minimum absolute atomic E-state index is 0.357. The van der Waals surface area contributed by atoms with Crippen LogP contribution in [-0.4, -0.2) is 11.0 Å². The van der Waals surface area contributed by atoms with E-state index in [9.17, 15) is 4.79 Å². The van der Waals surface area contributed by atoms with Gasteiger partial charge in [0.25, 0.3) is 0 Å². The van der Waals surface area contributed by atoms with Crippen molar-refractivity contribution in [3.8, 4) is 0 Å². The highest BCUT2D eigenvalue weighted by molar-refractivity contribution is 5.89. The first-order chi connectivity index (χ1) is 5.84. The van der Waals surface area contributed by atoms with Gasteiger partial charge in [-0.2, -0.15) is 0 Å². The zero-order chi connectivity index (χ0) is 8.81. The molecule has 0 amide bonds. The minimum atomic E-state index is -0.357. The molecule has 3 heteroatoms. The molecule has 0 atom stereocenters. The van der Waals surface area contributed by atoms with Gasteiger partial charge in [-0.3, -0.25) is 4.98 Å². The second-order valence-corrected chi connectivity index (χ2v) is 2.22. The zero-order valence-electron chi connectivity index (χ0n) is 6.86. The molecule has 0 unspecified atom stereocenters. The Balaban J connectivity index is 2.54. The number of hydrogen-bond acceptors (Lipinski definition) is 3. The normalized spacial score (nSPS) is 9.42. The first kappa shape index (κ1) is 8.71. The van der Waals surface area contributed by atoms with Crippen molar-refractivity contribution < 1.29 is 9.53 Å². The monoisotopic (exact) mass is 164 g/mol. The van der Waals surface area contributed by atoms with Crippen LogP contribution in [0, 0.1) is 6.61 Å². The Morgan fingerprint density at radius 2 is 2.58 bits per heavy atom. The molecule has 3 nitrogen and oxygen atoms in total. The predicted octanol–water partition coefficient (Wildman–Crippen LogP) is 1.81. The standard InChI is InChI=1S/C9H10NO2/c1-2-6-12-9(11)8-4-3-5-10-7-8/h3-7H,2H2,1H3. The van der Waals surface area contributed by atoms with E-state index in [4.69, 9.17) is 4.74 Å². The fraction of sp³-hybridized carbons (Fsp3) is 0.222. The number of hydrogen-bond donors (Lipinski definition) is 0.